The maximum atomic E-state index is 15.1. The van der Waals surface area contributed by atoms with E-state index in [9.17, 15) is 77.9 Å². The number of aromatic nitrogens is 2. The highest BCUT2D eigenvalue weighted by Gasteiger charge is 2.64. The molecule has 2 aromatic heterocycles. The van der Waals surface area contributed by atoms with Gasteiger partial charge in [-0.05, 0) is 97.4 Å². The first-order valence-corrected chi connectivity index (χ1v) is 46.3. The molecule has 39 heteroatoms. The van der Waals surface area contributed by atoms with Crippen LogP contribution in [0.3, 0.4) is 0 Å². The van der Waals surface area contributed by atoms with Gasteiger partial charge in [-0.3, -0.25) is 58.4 Å². The molecule has 0 spiro atoms. The molecular weight excluding hydrogens is 1730 g/mol. The predicted octanol–water partition coefficient (Wildman–Crippen LogP) is 10.3. The number of carbonyl (C=O) groups is 6. The standard InChI is InChI=1S/C43H48N6O11S2.C30H32N4O6S.C13H17ClN2O5S.CH4/c1-7-27-24-43(27,41(52)46-61(55,56)30-18-19-30)45-39(50)35-22-29(60-36-23-32(26-13-9-8-10-14-26)44-33-21-28(59-6)17-20-31(33)36)25-48(35)40(51)38(42(2,3)4)47(5)62(57,58)37-16-12-11-15-34(37)49(53)54;1-3-19-16-30(19,29(36)34-41(37,38)22-10-11-22)33-28(35)26-14-21(17-31-26)40-27-15-24(18-7-5-4-6-8-18)32-25-13-20(39-2)9-12-23(25)27;1-13(2,3)11(12(14)17)15(4)22(20,21)10-8-6-5-7-9(10)16(18)19;/h7-17,20-21,23,27,29-30,35,38H,1,18-19,22,24-25H2,2-6H3,(H,45,50)(H,46,52);3-9,12-13,15,19,21-22,26,31H,1,10-11,14,16-17H2,2H3,(H,33,35)(H,34,36);5-8,11H,1-4H3;1H4/t27?,29?,35?,38?,43-;19?,21?,26?,30-;11-;/m111./s1. The summed E-state index contributed by atoms with van der Waals surface area (Å²) in [5.74, 6) is -2.37. The van der Waals surface area contributed by atoms with Crippen LogP contribution in [0.5, 0.6) is 23.0 Å². The number of amides is 5. The second-order valence-electron chi connectivity index (χ2n) is 33.6. The number of benzene rings is 6. The van der Waals surface area contributed by atoms with Gasteiger partial charge in [-0.1, -0.05) is 146 Å². The third kappa shape index (κ3) is 20.5. The summed E-state index contributed by atoms with van der Waals surface area (Å²) in [6.07, 6.45) is 4.26. The van der Waals surface area contributed by atoms with Crippen molar-refractivity contribution in [2.24, 2.45) is 22.7 Å². The number of methoxy groups -OCH3 is 2. The molecular formula is C87H101ClN12O22S4. The van der Waals surface area contributed by atoms with Gasteiger partial charge >= 0.3 is 0 Å². The van der Waals surface area contributed by atoms with E-state index in [4.69, 9.17) is 40.5 Å². The number of carbonyl (C=O) groups excluding carboxylic acids is 6. The van der Waals surface area contributed by atoms with Crippen LogP contribution in [-0.4, -0.2) is 201 Å². The van der Waals surface area contributed by atoms with Gasteiger partial charge in [0.25, 0.3) is 23.2 Å². The number of likely N-dealkylation sites (N-methyl/N-ethyl adjacent to an activating group) is 2. The number of likely N-dealkylation sites (tertiary alicyclic amines) is 1. The number of nitrogens with one attached hydrogen (secondary N) is 5. The van der Waals surface area contributed by atoms with Crippen LogP contribution < -0.4 is 44.3 Å². The van der Waals surface area contributed by atoms with Gasteiger partial charge in [0.05, 0.1) is 69.6 Å². The number of fused-ring (bicyclic) bond motifs is 2. The van der Waals surface area contributed by atoms with E-state index in [0.717, 1.165) is 67.6 Å². The first kappa shape index (κ1) is 95.3. The Morgan fingerprint density at radius 3 is 1.35 bits per heavy atom. The number of ether oxygens (including phenoxy) is 4. The first-order chi connectivity index (χ1) is 58.8. The predicted molar refractivity (Wildman–Crippen MR) is 472 cm³/mol. The van der Waals surface area contributed by atoms with Crippen molar-refractivity contribution < 1.29 is 91.2 Å². The zero-order chi connectivity index (χ0) is 91.0. The number of pyridine rings is 2. The molecule has 6 fully saturated rings. The highest BCUT2D eigenvalue weighted by atomic mass is 35.5. The lowest BCUT2D eigenvalue weighted by molar-refractivity contribution is -0.388. The molecule has 7 unspecified atom stereocenters. The largest absolute Gasteiger partial charge is 0.497 e. The van der Waals surface area contributed by atoms with Gasteiger partial charge < -0.3 is 39.8 Å². The monoisotopic (exact) mass is 1830 g/mol. The number of sulfonamides is 4. The fraction of sp³-hybridized carbons (Fsp3) is 0.402. The normalized spacial score (nSPS) is 21.4. The summed E-state index contributed by atoms with van der Waals surface area (Å²) in [7, 11) is -11.2. The molecule has 4 saturated carbocycles. The van der Waals surface area contributed by atoms with Crippen LogP contribution in [0.1, 0.15) is 100 Å². The fourth-order valence-electron chi connectivity index (χ4n) is 15.6. The van der Waals surface area contributed by atoms with Crippen LogP contribution in [0, 0.1) is 42.9 Å². The molecule has 4 aliphatic carbocycles. The first-order valence-electron chi connectivity index (χ1n) is 39.9. The summed E-state index contributed by atoms with van der Waals surface area (Å²) < 4.78 is 134. The van der Waals surface area contributed by atoms with Gasteiger partial charge in [-0.25, -0.2) is 43.6 Å². The maximum absolute atomic E-state index is 15.1. The van der Waals surface area contributed by atoms with Crippen LogP contribution in [0.25, 0.3) is 44.3 Å². The Hall–Kier alpha value is -11.4. The summed E-state index contributed by atoms with van der Waals surface area (Å²) in [5.41, 5.74) is -1.87. The summed E-state index contributed by atoms with van der Waals surface area (Å²) >= 11 is 5.54. The van der Waals surface area contributed by atoms with E-state index in [-0.39, 0.29) is 44.7 Å². The van der Waals surface area contributed by atoms with Crippen LogP contribution in [0.4, 0.5) is 11.4 Å². The van der Waals surface area contributed by atoms with Crippen molar-refractivity contribution in [1.29, 1.82) is 0 Å². The zero-order valence-electron chi connectivity index (χ0n) is 70.0. The Bertz CT molecular complexity index is 6080. The molecule has 8 aromatic rings. The number of rotatable bonds is 30. The number of hydrogen-bond donors (Lipinski definition) is 5. The lowest BCUT2D eigenvalue weighted by Gasteiger charge is -2.39. The van der Waals surface area contributed by atoms with E-state index >= 15 is 4.79 Å². The molecule has 34 nitrogen and oxygen atoms in total. The van der Waals surface area contributed by atoms with Crippen LogP contribution in [0.2, 0.25) is 0 Å². The summed E-state index contributed by atoms with van der Waals surface area (Å²) in [6.45, 7) is 17.5. The Labute approximate surface area is 736 Å². The van der Waals surface area contributed by atoms with Crippen molar-refractivity contribution >= 4 is 120 Å². The van der Waals surface area contributed by atoms with Crippen molar-refractivity contribution in [2.45, 2.75) is 168 Å². The van der Waals surface area contributed by atoms with Gasteiger partial charge in [0.1, 0.15) is 64.4 Å². The van der Waals surface area contributed by atoms with E-state index < -0.39 is 169 Å². The van der Waals surface area contributed by atoms with E-state index in [1.807, 2.05) is 84.9 Å². The van der Waals surface area contributed by atoms with Crippen molar-refractivity contribution in [3.63, 3.8) is 0 Å². The molecule has 4 heterocycles. The topological polar surface area (TPSA) is 458 Å². The highest BCUT2D eigenvalue weighted by Crippen LogP contribution is 2.48. The number of nitro groups is 2. The van der Waals surface area contributed by atoms with Gasteiger partial charge in [-0.2, -0.15) is 8.61 Å². The van der Waals surface area contributed by atoms with Gasteiger partial charge in [0.15, 0.2) is 9.79 Å². The number of nitrogens with zero attached hydrogens (tertiary/aromatic N) is 7. The Kier molecular flexibility index (Phi) is 28.2. The van der Waals surface area contributed by atoms with Crippen molar-refractivity contribution in [1.82, 2.24) is 48.9 Å². The second kappa shape index (κ2) is 37.3. The molecule has 5 amide bonds. The lowest BCUT2D eigenvalue weighted by atomic mass is 9.85. The smallest absolute Gasteiger partial charge is 0.289 e. The van der Waals surface area contributed by atoms with E-state index in [1.165, 1.54) is 49.4 Å². The molecule has 6 aromatic carbocycles. The molecule has 672 valence electrons. The average Bonchev–Trinajstić information content (AvgIpc) is 1.47. The Morgan fingerprint density at radius 1 is 0.571 bits per heavy atom. The quantitative estimate of drug-likeness (QED) is 0.0121. The minimum absolute atomic E-state index is 0. The third-order valence-corrected chi connectivity index (χ3v) is 30.3. The summed E-state index contributed by atoms with van der Waals surface area (Å²) in [4.78, 5) is 113. The Morgan fingerprint density at radius 2 is 0.968 bits per heavy atom. The van der Waals surface area contributed by atoms with Gasteiger partial charge in [0.2, 0.25) is 63.1 Å². The number of hydrogen-bond acceptors (Lipinski definition) is 25. The molecule has 126 heavy (non-hydrogen) atoms. The lowest BCUT2D eigenvalue weighted by Crippen LogP contribution is -2.60. The minimum atomic E-state index is -4.72. The number of nitro benzene ring substituents is 2. The highest BCUT2D eigenvalue weighted by molar-refractivity contribution is 7.91. The average molecular weight is 1830 g/mol. The number of halogens is 1. The van der Waals surface area contributed by atoms with E-state index in [0.29, 0.717) is 84.7 Å². The zero-order valence-corrected chi connectivity index (χ0v) is 74.1. The summed E-state index contributed by atoms with van der Waals surface area (Å²) in [5, 5.41) is 31.0. The molecule has 5 N–H and O–H groups in total. The molecule has 0 bridgehead atoms. The SMILES string of the molecule is C.C=CC1C[C@]1(NC(=O)C1CC(Oc2cc(-c3ccccc3)nc3cc(OC)ccc23)CN1)C(=O)NS(=O)(=O)C1CC1.C=CC1C[C@]1(NC(=O)C1CC(Oc2cc(-c3ccccc3)nc3cc(OC)ccc23)CN1C(=O)C(N(C)S(=O)(=O)c1ccccc1[N+](=O)[O-])C(C)(C)C)C(=O)NS(=O)(=O)C1CC1.CN([C@H](C(=O)Cl)C(C)(C)C)S(=O)(=O)c1ccccc1[N+](=O)[O-]. The van der Waals surface area contributed by atoms with Crippen LogP contribution >= 0.6 is 11.6 Å². The molecule has 6 aliphatic rings. The van der Waals surface area contributed by atoms with E-state index in [2.05, 4.69) is 38.6 Å². The molecule has 2 saturated heterocycles. The van der Waals surface area contributed by atoms with Gasteiger partial charge in [-0.15, -0.1) is 13.2 Å². The van der Waals surface area contributed by atoms with Gasteiger partial charge in [0, 0.05) is 104 Å². The van der Waals surface area contributed by atoms with Crippen molar-refractivity contribution in [2.75, 3.05) is 41.4 Å². The van der Waals surface area contributed by atoms with Crippen LogP contribution in [0.15, 0.2) is 193 Å². The maximum Gasteiger partial charge on any atom is 0.289 e. The Balaban J connectivity index is 0.000000206. The number of para-hydroxylation sites is 2. The molecule has 14 rings (SSSR count). The molecule has 2 aliphatic heterocycles. The minimum Gasteiger partial charge on any atom is -0.497 e. The second-order valence-corrected chi connectivity index (χ2v) is 41.9. The van der Waals surface area contributed by atoms with Crippen molar-refractivity contribution in [3.8, 4) is 45.5 Å². The van der Waals surface area contributed by atoms with Crippen molar-refractivity contribution in [3.05, 3.63) is 203 Å². The molecule has 0 radical (unpaired) electrons. The molecule has 10 atom stereocenters. The third-order valence-electron chi connectivity index (χ3n) is 22.7. The fourth-order valence-corrected chi connectivity index (χ4v) is 22.1. The summed E-state index contributed by atoms with van der Waals surface area (Å²) in [6, 6.07) is 38.8. The van der Waals surface area contributed by atoms with E-state index in [1.54, 1.807) is 79.0 Å². The van der Waals surface area contributed by atoms with Crippen LogP contribution in [-0.2, 0) is 68.9 Å².